The van der Waals surface area contributed by atoms with E-state index in [0.29, 0.717) is 23.4 Å². The van der Waals surface area contributed by atoms with Crippen molar-refractivity contribution >= 4 is 11.8 Å². The topological polar surface area (TPSA) is 56.7 Å². The van der Waals surface area contributed by atoms with Crippen molar-refractivity contribution in [1.29, 1.82) is 0 Å². The van der Waals surface area contributed by atoms with Gasteiger partial charge >= 0.3 is 5.97 Å². The molecular weight excluding hydrogens is 326 g/mol. The van der Waals surface area contributed by atoms with Gasteiger partial charge in [-0.25, -0.2) is 9.78 Å². The lowest BCUT2D eigenvalue weighted by Crippen LogP contribution is -2.61. The van der Waals surface area contributed by atoms with Crippen LogP contribution < -0.4 is 4.90 Å². The van der Waals surface area contributed by atoms with Crippen molar-refractivity contribution in [2.24, 2.45) is 11.8 Å². The van der Waals surface area contributed by atoms with Crippen LogP contribution in [0.15, 0.2) is 12.1 Å². The molecule has 1 N–H and O–H groups in total. The zero-order valence-corrected chi connectivity index (χ0v) is 16.0. The van der Waals surface area contributed by atoms with E-state index in [-0.39, 0.29) is 0 Å². The number of carbonyl (C=O) groups is 1. The number of hydrogen-bond donors (Lipinski definition) is 1. The van der Waals surface area contributed by atoms with Gasteiger partial charge in [-0.05, 0) is 56.6 Å². The molecule has 5 heteroatoms. The number of aromatic carboxylic acids is 1. The summed E-state index contributed by atoms with van der Waals surface area (Å²) in [6, 6.07) is 4.92. The summed E-state index contributed by atoms with van der Waals surface area (Å²) in [5.41, 5.74) is 1.14. The number of carboxylic acids is 1. The van der Waals surface area contributed by atoms with E-state index >= 15 is 0 Å². The molecule has 5 nitrogen and oxygen atoms in total. The first-order valence-corrected chi connectivity index (χ1v) is 10.3. The van der Waals surface area contributed by atoms with E-state index in [9.17, 15) is 9.90 Å². The fourth-order valence-electron chi connectivity index (χ4n) is 5.68. The monoisotopic (exact) mass is 357 g/mol. The summed E-state index contributed by atoms with van der Waals surface area (Å²) >= 11 is 0. The molecule has 4 rings (SSSR count). The van der Waals surface area contributed by atoms with Gasteiger partial charge in [0.15, 0.2) is 0 Å². The fraction of sp³-hybridized carbons (Fsp3) is 0.714. The van der Waals surface area contributed by atoms with Gasteiger partial charge in [-0.1, -0.05) is 19.8 Å². The molecule has 0 unspecified atom stereocenters. The van der Waals surface area contributed by atoms with Crippen LogP contribution in [0.25, 0.3) is 0 Å². The smallest absolute Gasteiger partial charge is 0.335 e. The summed E-state index contributed by atoms with van der Waals surface area (Å²) in [6.45, 7) is 7.43. The summed E-state index contributed by atoms with van der Waals surface area (Å²) in [5.74, 6) is 1.36. The lowest BCUT2D eigenvalue weighted by Gasteiger charge is -2.55. The summed E-state index contributed by atoms with van der Waals surface area (Å²) < 4.78 is 0. The van der Waals surface area contributed by atoms with E-state index in [1.165, 1.54) is 45.1 Å². The second-order valence-electron chi connectivity index (χ2n) is 8.56. The van der Waals surface area contributed by atoms with Crippen LogP contribution in [-0.2, 0) is 0 Å². The Morgan fingerprint density at radius 2 is 2.12 bits per heavy atom. The molecular formula is C21H31N3O2. The van der Waals surface area contributed by atoms with Crippen LogP contribution >= 0.6 is 0 Å². The zero-order chi connectivity index (χ0) is 18.3. The highest BCUT2D eigenvalue weighted by Gasteiger charge is 2.44. The highest BCUT2D eigenvalue weighted by Crippen LogP contribution is 2.41. The van der Waals surface area contributed by atoms with Crippen molar-refractivity contribution in [2.45, 2.75) is 64.5 Å². The minimum Gasteiger partial charge on any atom is -0.478 e. The van der Waals surface area contributed by atoms with Crippen LogP contribution in [0.4, 0.5) is 5.82 Å². The molecule has 3 aliphatic heterocycles. The molecule has 1 aromatic rings. The predicted octanol–water partition coefficient (Wildman–Crippen LogP) is 3.57. The molecule has 2 bridgehead atoms. The number of fused-ring (bicyclic) bond motifs is 4. The Labute approximate surface area is 156 Å². The Morgan fingerprint density at radius 3 is 2.88 bits per heavy atom. The predicted molar refractivity (Wildman–Crippen MR) is 103 cm³/mol. The van der Waals surface area contributed by atoms with Gasteiger partial charge in [0.05, 0.1) is 5.56 Å². The average molecular weight is 357 g/mol. The summed E-state index contributed by atoms with van der Waals surface area (Å²) in [4.78, 5) is 21.3. The molecule has 3 saturated heterocycles. The Balaban J connectivity index is 1.55. The zero-order valence-electron chi connectivity index (χ0n) is 16.0. The Bertz CT molecular complexity index is 675. The quantitative estimate of drug-likeness (QED) is 0.893. The third kappa shape index (κ3) is 3.34. The largest absolute Gasteiger partial charge is 0.478 e. The van der Waals surface area contributed by atoms with Gasteiger partial charge in [0.1, 0.15) is 5.82 Å². The molecule has 0 saturated carbocycles. The summed E-state index contributed by atoms with van der Waals surface area (Å²) in [6.07, 6.45) is 8.00. The normalized spacial score (nSPS) is 31.5. The van der Waals surface area contributed by atoms with Crippen molar-refractivity contribution in [1.82, 2.24) is 9.88 Å². The number of aryl methyl sites for hydroxylation is 1. The van der Waals surface area contributed by atoms with E-state index in [1.54, 1.807) is 12.1 Å². The maximum atomic E-state index is 11.4. The second-order valence-corrected chi connectivity index (χ2v) is 8.56. The molecule has 0 radical (unpaired) electrons. The number of aromatic nitrogens is 1. The Morgan fingerprint density at radius 1 is 1.27 bits per heavy atom. The van der Waals surface area contributed by atoms with Crippen LogP contribution in [0.3, 0.4) is 0 Å². The van der Waals surface area contributed by atoms with Crippen molar-refractivity contribution in [3.63, 3.8) is 0 Å². The van der Waals surface area contributed by atoms with Crippen molar-refractivity contribution < 1.29 is 9.90 Å². The molecule has 4 atom stereocenters. The van der Waals surface area contributed by atoms with Crippen LogP contribution in [0.1, 0.15) is 61.5 Å². The molecule has 0 aliphatic carbocycles. The molecule has 26 heavy (non-hydrogen) atoms. The first-order valence-electron chi connectivity index (χ1n) is 10.3. The van der Waals surface area contributed by atoms with Gasteiger partial charge in [-0.3, -0.25) is 4.90 Å². The molecule has 4 heterocycles. The minimum atomic E-state index is -0.866. The van der Waals surface area contributed by atoms with Crippen LogP contribution in [0.5, 0.6) is 0 Å². The molecule has 142 valence electrons. The second kappa shape index (κ2) is 7.18. The van der Waals surface area contributed by atoms with Crippen LogP contribution in [0, 0.1) is 18.8 Å². The summed E-state index contributed by atoms with van der Waals surface area (Å²) in [7, 11) is 0. The summed E-state index contributed by atoms with van der Waals surface area (Å²) in [5, 5.41) is 9.37. The SMILES string of the molecule is CCC[C@H]1CCC[C@H]2[C@@H]3C[C@@H](CN(c4cc(C(=O)O)cc(C)n4)C3)CN12. The fourth-order valence-corrected chi connectivity index (χ4v) is 5.68. The first-order chi connectivity index (χ1) is 12.5. The number of nitrogens with zero attached hydrogens (tertiary/aromatic N) is 3. The van der Waals surface area contributed by atoms with E-state index in [0.717, 1.165) is 30.6 Å². The maximum Gasteiger partial charge on any atom is 0.335 e. The van der Waals surface area contributed by atoms with Crippen LogP contribution in [-0.4, -0.2) is 52.7 Å². The number of carboxylic acid groups (broad SMARTS) is 1. The van der Waals surface area contributed by atoms with Gasteiger partial charge in [-0.15, -0.1) is 0 Å². The number of pyridine rings is 1. The number of hydrogen-bond acceptors (Lipinski definition) is 4. The highest BCUT2D eigenvalue weighted by atomic mass is 16.4. The molecule has 0 spiro atoms. The third-order valence-corrected chi connectivity index (χ3v) is 6.65. The lowest BCUT2D eigenvalue weighted by atomic mass is 9.74. The van der Waals surface area contributed by atoms with Crippen molar-refractivity contribution in [3.8, 4) is 0 Å². The maximum absolute atomic E-state index is 11.4. The van der Waals surface area contributed by atoms with Gasteiger partial charge < -0.3 is 10.0 Å². The first kappa shape index (κ1) is 17.8. The molecule has 3 aliphatic rings. The number of rotatable bonds is 4. The van der Waals surface area contributed by atoms with E-state index in [4.69, 9.17) is 0 Å². The molecule has 1 aromatic heterocycles. The third-order valence-electron chi connectivity index (χ3n) is 6.65. The Kier molecular flexibility index (Phi) is 4.91. The highest BCUT2D eigenvalue weighted by molar-refractivity contribution is 5.88. The Hall–Kier alpha value is -1.62. The number of anilines is 1. The standard InChI is InChI=1S/C21H31N3O2/c1-3-5-18-6-4-7-19-17-9-15(12-24(18)19)11-23(13-17)20-10-16(21(25)26)8-14(2)22-20/h8,10,15,17-19H,3-7,9,11-13H2,1-2H3,(H,25,26)/t15-,17+,18-,19-/m0/s1. The van der Waals surface area contributed by atoms with Crippen molar-refractivity contribution in [3.05, 3.63) is 23.4 Å². The van der Waals surface area contributed by atoms with Crippen LogP contribution in [0.2, 0.25) is 0 Å². The lowest BCUT2D eigenvalue weighted by molar-refractivity contribution is -0.0216. The molecule has 0 amide bonds. The van der Waals surface area contributed by atoms with E-state index in [2.05, 4.69) is 21.7 Å². The minimum absolute atomic E-state index is 0.352. The van der Waals surface area contributed by atoms with E-state index < -0.39 is 5.97 Å². The van der Waals surface area contributed by atoms with Crippen molar-refractivity contribution in [2.75, 3.05) is 24.5 Å². The number of piperidine rings is 3. The average Bonchev–Trinajstić information content (AvgIpc) is 2.62. The van der Waals surface area contributed by atoms with Gasteiger partial charge in [0.25, 0.3) is 0 Å². The van der Waals surface area contributed by atoms with Gasteiger partial charge in [-0.2, -0.15) is 0 Å². The molecule has 0 aromatic carbocycles. The molecule has 3 fully saturated rings. The van der Waals surface area contributed by atoms with Gasteiger partial charge in [0.2, 0.25) is 0 Å². The van der Waals surface area contributed by atoms with Gasteiger partial charge in [0, 0.05) is 37.4 Å². The van der Waals surface area contributed by atoms with E-state index in [1.807, 2.05) is 6.92 Å².